The van der Waals surface area contributed by atoms with Gasteiger partial charge in [-0.05, 0) is 32.9 Å². The van der Waals surface area contributed by atoms with Crippen LogP contribution in [0.5, 0.6) is 0 Å². The number of halogens is 1. The Kier molecular flexibility index (Phi) is 4.50. The second-order valence-electron chi connectivity index (χ2n) is 5.46. The molecule has 0 aliphatic carbocycles. The van der Waals surface area contributed by atoms with E-state index < -0.39 is 0 Å². The molecule has 0 saturated carbocycles. The number of aromatic nitrogens is 5. The highest BCUT2D eigenvalue weighted by molar-refractivity contribution is 5.59. The molecule has 0 fully saturated rings. The van der Waals surface area contributed by atoms with Crippen LogP contribution in [0.2, 0.25) is 0 Å². The zero-order valence-corrected chi connectivity index (χ0v) is 13.9. The number of hydrogen-bond acceptors (Lipinski definition) is 5. The van der Waals surface area contributed by atoms with Crippen molar-refractivity contribution in [3.63, 3.8) is 0 Å². The Morgan fingerprint density at radius 3 is 2.71 bits per heavy atom. The summed E-state index contributed by atoms with van der Waals surface area (Å²) in [5.74, 6) is 0.0265. The molecule has 2 heterocycles. The van der Waals surface area contributed by atoms with Crippen molar-refractivity contribution >= 4 is 5.95 Å². The van der Waals surface area contributed by atoms with Gasteiger partial charge in [0.2, 0.25) is 5.95 Å². The van der Waals surface area contributed by atoms with Gasteiger partial charge in [-0.2, -0.15) is 10.2 Å². The molecule has 24 heavy (non-hydrogen) atoms. The molecule has 0 bridgehead atoms. The average Bonchev–Trinajstić information content (AvgIpc) is 2.87. The average molecular weight is 326 g/mol. The number of nitrogens with one attached hydrogen (secondary N) is 1. The van der Waals surface area contributed by atoms with Crippen LogP contribution in [0.3, 0.4) is 0 Å². The fourth-order valence-corrected chi connectivity index (χ4v) is 2.64. The topological polar surface area (TPSA) is 68.5 Å². The fourth-order valence-electron chi connectivity index (χ4n) is 2.64. The lowest BCUT2D eigenvalue weighted by Crippen LogP contribution is -2.07. The first-order chi connectivity index (χ1) is 11.6. The number of benzene rings is 1. The third kappa shape index (κ3) is 3.10. The molecule has 0 atom stereocenters. The maximum atomic E-state index is 13.9. The highest BCUT2D eigenvalue weighted by Gasteiger charge is 2.12. The normalized spacial score (nSPS) is 10.8. The number of aryl methyl sites for hydroxylation is 2. The van der Waals surface area contributed by atoms with Crippen molar-refractivity contribution in [2.45, 2.75) is 33.9 Å². The van der Waals surface area contributed by atoms with Gasteiger partial charge in [0.25, 0.3) is 0 Å². The third-order valence-corrected chi connectivity index (χ3v) is 3.96. The van der Waals surface area contributed by atoms with Crippen LogP contribution in [-0.4, -0.2) is 25.0 Å². The predicted octanol–water partition coefficient (Wildman–Crippen LogP) is 3.12. The van der Waals surface area contributed by atoms with Crippen molar-refractivity contribution in [1.82, 2.24) is 25.0 Å². The van der Waals surface area contributed by atoms with E-state index in [9.17, 15) is 4.39 Å². The van der Waals surface area contributed by atoms with Crippen LogP contribution in [0.4, 0.5) is 10.3 Å². The molecule has 6 nitrogen and oxygen atoms in total. The standard InChI is InChI=1S/C17H19FN6/c1-4-24-12(3)14(11(2)23-24)9-19-17-21-16(10-20-22-17)13-7-5-6-8-15(13)18/h5-8,10H,4,9H2,1-3H3,(H,19,21,22). The number of rotatable bonds is 5. The minimum atomic E-state index is -0.333. The van der Waals surface area contributed by atoms with E-state index in [-0.39, 0.29) is 5.82 Å². The summed E-state index contributed by atoms with van der Waals surface area (Å²) < 4.78 is 15.8. The molecule has 1 N–H and O–H groups in total. The molecule has 0 amide bonds. The minimum absolute atomic E-state index is 0.333. The summed E-state index contributed by atoms with van der Waals surface area (Å²) in [4.78, 5) is 4.35. The van der Waals surface area contributed by atoms with Crippen molar-refractivity contribution in [2.75, 3.05) is 5.32 Å². The maximum Gasteiger partial charge on any atom is 0.243 e. The largest absolute Gasteiger partial charge is 0.349 e. The van der Waals surface area contributed by atoms with Gasteiger partial charge in [0.15, 0.2) is 0 Å². The molecular weight excluding hydrogens is 307 g/mol. The molecule has 1 aromatic carbocycles. The van der Waals surface area contributed by atoms with Crippen LogP contribution in [0.15, 0.2) is 30.5 Å². The molecule has 7 heteroatoms. The van der Waals surface area contributed by atoms with Crippen molar-refractivity contribution < 1.29 is 4.39 Å². The smallest absolute Gasteiger partial charge is 0.243 e. The van der Waals surface area contributed by atoms with E-state index in [1.54, 1.807) is 18.2 Å². The summed E-state index contributed by atoms with van der Waals surface area (Å²) in [5.41, 5.74) is 4.04. The summed E-state index contributed by atoms with van der Waals surface area (Å²) in [6.07, 6.45) is 1.45. The van der Waals surface area contributed by atoms with E-state index in [2.05, 4.69) is 32.5 Å². The Balaban J connectivity index is 1.81. The SMILES string of the molecule is CCn1nc(C)c(CNc2nncc(-c3ccccc3F)n2)c1C. The quantitative estimate of drug-likeness (QED) is 0.780. The molecule has 0 aliphatic rings. The molecule has 0 aliphatic heterocycles. The Hall–Kier alpha value is -2.83. The lowest BCUT2D eigenvalue weighted by atomic mass is 10.1. The van der Waals surface area contributed by atoms with Crippen LogP contribution in [0.1, 0.15) is 23.9 Å². The first-order valence-electron chi connectivity index (χ1n) is 7.81. The fraction of sp³-hybridized carbons (Fsp3) is 0.294. The van der Waals surface area contributed by atoms with Gasteiger partial charge >= 0.3 is 0 Å². The van der Waals surface area contributed by atoms with E-state index in [0.29, 0.717) is 23.8 Å². The number of hydrogen-bond donors (Lipinski definition) is 1. The minimum Gasteiger partial charge on any atom is -0.349 e. The van der Waals surface area contributed by atoms with Crippen LogP contribution in [-0.2, 0) is 13.1 Å². The van der Waals surface area contributed by atoms with Gasteiger partial charge in [0, 0.05) is 29.9 Å². The van der Waals surface area contributed by atoms with Gasteiger partial charge in [-0.15, -0.1) is 5.10 Å². The Morgan fingerprint density at radius 2 is 2.00 bits per heavy atom. The summed E-state index contributed by atoms with van der Waals surface area (Å²) >= 11 is 0. The first kappa shape index (κ1) is 16.0. The molecule has 0 unspecified atom stereocenters. The van der Waals surface area contributed by atoms with Crippen LogP contribution < -0.4 is 5.32 Å². The van der Waals surface area contributed by atoms with Gasteiger partial charge in [0.1, 0.15) is 5.82 Å². The number of anilines is 1. The van der Waals surface area contributed by atoms with Gasteiger partial charge in [-0.25, -0.2) is 9.37 Å². The van der Waals surface area contributed by atoms with Crippen molar-refractivity contribution in [3.05, 3.63) is 53.2 Å². The maximum absolute atomic E-state index is 13.9. The summed E-state index contributed by atoms with van der Waals surface area (Å²) in [6.45, 7) is 7.44. The lowest BCUT2D eigenvalue weighted by molar-refractivity contribution is 0.630. The van der Waals surface area contributed by atoms with E-state index in [1.165, 1.54) is 12.3 Å². The Bertz CT molecular complexity index is 858. The van der Waals surface area contributed by atoms with Crippen LogP contribution >= 0.6 is 0 Å². The first-order valence-corrected chi connectivity index (χ1v) is 7.81. The van der Waals surface area contributed by atoms with E-state index in [4.69, 9.17) is 0 Å². The zero-order valence-electron chi connectivity index (χ0n) is 13.9. The van der Waals surface area contributed by atoms with Crippen LogP contribution in [0, 0.1) is 19.7 Å². The molecule has 3 rings (SSSR count). The van der Waals surface area contributed by atoms with Crippen molar-refractivity contribution in [2.24, 2.45) is 0 Å². The van der Waals surface area contributed by atoms with Gasteiger partial charge < -0.3 is 5.32 Å². The predicted molar refractivity (Wildman–Crippen MR) is 89.9 cm³/mol. The van der Waals surface area contributed by atoms with Crippen molar-refractivity contribution in [1.29, 1.82) is 0 Å². The number of nitrogens with zero attached hydrogens (tertiary/aromatic N) is 5. The summed E-state index contributed by atoms with van der Waals surface area (Å²) in [5, 5.41) is 15.5. The molecule has 3 aromatic rings. The molecule has 2 aromatic heterocycles. The summed E-state index contributed by atoms with van der Waals surface area (Å²) in [7, 11) is 0. The molecule has 124 valence electrons. The van der Waals surface area contributed by atoms with Gasteiger partial charge in [-0.1, -0.05) is 12.1 Å². The summed E-state index contributed by atoms with van der Waals surface area (Å²) in [6, 6.07) is 6.47. The van der Waals surface area contributed by atoms with Gasteiger partial charge in [0.05, 0.1) is 17.6 Å². The monoisotopic (exact) mass is 326 g/mol. The van der Waals surface area contributed by atoms with Crippen LogP contribution in [0.25, 0.3) is 11.3 Å². The molecule has 0 saturated heterocycles. The second-order valence-corrected chi connectivity index (χ2v) is 5.46. The highest BCUT2D eigenvalue weighted by atomic mass is 19.1. The van der Waals surface area contributed by atoms with Gasteiger partial charge in [-0.3, -0.25) is 4.68 Å². The molecule has 0 spiro atoms. The third-order valence-electron chi connectivity index (χ3n) is 3.96. The van der Waals surface area contributed by atoms with Crippen molar-refractivity contribution in [3.8, 4) is 11.3 Å². The second kappa shape index (κ2) is 6.74. The molecule has 0 radical (unpaired) electrons. The highest BCUT2D eigenvalue weighted by Crippen LogP contribution is 2.20. The molecular formula is C17H19FN6. The van der Waals surface area contributed by atoms with E-state index in [0.717, 1.165) is 23.5 Å². The Labute approximate surface area is 139 Å². The van der Waals surface area contributed by atoms with E-state index in [1.807, 2.05) is 18.5 Å². The Morgan fingerprint density at radius 1 is 1.21 bits per heavy atom. The lowest BCUT2D eigenvalue weighted by Gasteiger charge is -2.07. The zero-order chi connectivity index (χ0) is 17.1. The van der Waals surface area contributed by atoms with E-state index >= 15 is 0 Å².